The molecule has 9 nitrogen and oxygen atoms in total. The fourth-order valence-electron chi connectivity index (χ4n) is 7.37. The lowest BCUT2D eigenvalue weighted by Crippen LogP contribution is -2.46. The largest absolute Gasteiger partial charge is 0.381 e. The molecule has 0 radical (unpaired) electrons. The maximum atomic E-state index is 13.6. The number of halogens is 6. The zero-order valence-corrected chi connectivity index (χ0v) is 31.2. The van der Waals surface area contributed by atoms with Crippen molar-refractivity contribution in [2.75, 3.05) is 10.6 Å². The number of carbonyl (C=O) groups is 3. The predicted molar refractivity (Wildman–Crippen MR) is 194 cm³/mol. The van der Waals surface area contributed by atoms with E-state index >= 15 is 0 Å². The lowest BCUT2D eigenvalue weighted by molar-refractivity contribution is -0.128. The molecule has 2 saturated carbocycles. The molecule has 1 aromatic heterocycles. The number of amides is 3. The van der Waals surface area contributed by atoms with Gasteiger partial charge in [-0.2, -0.15) is 0 Å². The van der Waals surface area contributed by atoms with Gasteiger partial charge in [-0.15, -0.1) is 0 Å². The normalized spacial score (nSPS) is 23.8. The van der Waals surface area contributed by atoms with Crippen molar-refractivity contribution < 1.29 is 31.9 Å². The summed E-state index contributed by atoms with van der Waals surface area (Å²) in [5, 5.41) is 11.8. The van der Waals surface area contributed by atoms with E-state index < -0.39 is 17.9 Å². The van der Waals surface area contributed by atoms with E-state index in [2.05, 4.69) is 57.7 Å². The second-order valence-electron chi connectivity index (χ2n) is 14.0. The minimum Gasteiger partial charge on any atom is -0.381 e. The highest BCUT2D eigenvalue weighted by molar-refractivity contribution is 9.10. The topological polar surface area (TPSA) is 117 Å². The molecular formula is C36H42Br2F4N6O3. The van der Waals surface area contributed by atoms with Gasteiger partial charge in [-0.25, -0.2) is 22.5 Å². The number of piperidine rings is 2. The molecule has 3 amide bonds. The van der Waals surface area contributed by atoms with Crippen molar-refractivity contribution in [2.24, 2.45) is 0 Å². The van der Waals surface area contributed by atoms with Crippen LogP contribution in [0.5, 0.6) is 0 Å². The zero-order chi connectivity index (χ0) is 36.3. The fraction of sp³-hybridized carbons (Fsp3) is 0.556. The van der Waals surface area contributed by atoms with Gasteiger partial charge in [-0.1, -0.05) is 31.9 Å². The molecule has 4 aliphatic rings. The number of rotatable bonds is 6. The summed E-state index contributed by atoms with van der Waals surface area (Å²) in [6, 6.07) is 10.5. The van der Waals surface area contributed by atoms with Crippen LogP contribution in [-0.2, 0) is 14.4 Å². The van der Waals surface area contributed by atoms with Crippen LogP contribution in [0.1, 0.15) is 108 Å². The molecule has 51 heavy (non-hydrogen) atoms. The van der Waals surface area contributed by atoms with Crippen LogP contribution in [0, 0.1) is 0 Å². The van der Waals surface area contributed by atoms with E-state index in [1.54, 1.807) is 6.07 Å². The lowest BCUT2D eigenvalue weighted by Gasteiger charge is -2.32. The van der Waals surface area contributed by atoms with Crippen molar-refractivity contribution in [1.82, 2.24) is 20.2 Å². The van der Waals surface area contributed by atoms with Gasteiger partial charge in [0, 0.05) is 59.6 Å². The molecule has 2 atom stereocenters. The van der Waals surface area contributed by atoms with Crippen LogP contribution in [0.15, 0.2) is 45.3 Å². The van der Waals surface area contributed by atoms with Crippen molar-refractivity contribution in [3.8, 4) is 0 Å². The highest BCUT2D eigenvalue weighted by Crippen LogP contribution is 2.42. The lowest BCUT2D eigenvalue weighted by atomic mass is 9.91. The van der Waals surface area contributed by atoms with E-state index in [0.717, 1.165) is 38.6 Å². The molecule has 4 N–H and O–H groups in total. The number of aromatic nitrogens is 2. The Balaban J connectivity index is 0.000000176. The van der Waals surface area contributed by atoms with Crippen LogP contribution < -0.4 is 21.3 Å². The molecule has 276 valence electrons. The van der Waals surface area contributed by atoms with E-state index in [1.165, 1.54) is 0 Å². The number of anilines is 2. The van der Waals surface area contributed by atoms with Gasteiger partial charge in [-0.3, -0.25) is 14.4 Å². The molecule has 2 aliphatic carbocycles. The first-order chi connectivity index (χ1) is 24.2. The molecule has 2 aromatic carbocycles. The van der Waals surface area contributed by atoms with Crippen LogP contribution in [0.4, 0.5) is 28.9 Å². The van der Waals surface area contributed by atoms with Gasteiger partial charge in [0.15, 0.2) is 0 Å². The van der Waals surface area contributed by atoms with Gasteiger partial charge in [-0.05, 0) is 87.8 Å². The molecule has 2 saturated heterocycles. The standard InChI is InChI=1S/C18H22BrF2N3O2.C18H20BrF2N3O/c19-11-4-5-13(22-12-6-8-18(20,21)9-7-12)15(10-11)24-17(26)14-2-1-3-16(25)23-14;19-11-4-5-15-14(10-11)23-17(13-2-1-3-16(25)22-13)24(15)12-6-8-18(20,21)9-7-12/h4-5,10,12,14,22H,1-3,6-9H2,(H,23,25)(H,24,26);4-5,10,12-13H,1-3,6-9H2,(H,22,25)/t14-;13-/m00/s1. The maximum absolute atomic E-state index is 13.6. The van der Waals surface area contributed by atoms with E-state index in [1.807, 2.05) is 30.3 Å². The Labute approximate surface area is 310 Å². The summed E-state index contributed by atoms with van der Waals surface area (Å²) in [7, 11) is 0. The van der Waals surface area contributed by atoms with Crippen molar-refractivity contribution in [3.05, 3.63) is 51.2 Å². The quantitative estimate of drug-likeness (QED) is 0.185. The Morgan fingerprint density at radius 2 is 1.39 bits per heavy atom. The second-order valence-corrected chi connectivity index (χ2v) is 15.9. The number of imidazole rings is 1. The predicted octanol–water partition coefficient (Wildman–Crippen LogP) is 8.94. The molecule has 15 heteroatoms. The number of hydrogen-bond donors (Lipinski definition) is 4. The van der Waals surface area contributed by atoms with Crippen molar-refractivity contribution in [3.63, 3.8) is 0 Å². The van der Waals surface area contributed by atoms with Gasteiger partial charge < -0.3 is 25.8 Å². The molecule has 3 aromatic rings. The van der Waals surface area contributed by atoms with Crippen LogP contribution >= 0.6 is 31.9 Å². The first kappa shape index (κ1) is 37.6. The fourth-order valence-corrected chi connectivity index (χ4v) is 8.08. The summed E-state index contributed by atoms with van der Waals surface area (Å²) in [6.07, 6.45) is 5.12. The highest BCUT2D eigenvalue weighted by Gasteiger charge is 2.38. The third-order valence-corrected chi connectivity index (χ3v) is 11.1. The highest BCUT2D eigenvalue weighted by atomic mass is 79.9. The third-order valence-electron chi connectivity index (χ3n) is 10.1. The minimum absolute atomic E-state index is 0.000343. The molecule has 2 aliphatic heterocycles. The van der Waals surface area contributed by atoms with Gasteiger partial charge >= 0.3 is 0 Å². The number of nitrogens with one attached hydrogen (secondary N) is 4. The smallest absolute Gasteiger partial charge is 0.248 e. The molecule has 4 fully saturated rings. The van der Waals surface area contributed by atoms with Crippen molar-refractivity contribution in [1.29, 1.82) is 0 Å². The van der Waals surface area contributed by atoms with Gasteiger partial charge in [0.2, 0.25) is 29.6 Å². The SMILES string of the molecule is O=C1CCC[C@@H](C(=O)Nc2cc(Br)ccc2NC2CCC(F)(F)CC2)N1.O=C1CCC[C@@H](c2nc3cc(Br)ccc3n2C2CCC(F)(F)CC2)N1. The summed E-state index contributed by atoms with van der Waals surface area (Å²) in [4.78, 5) is 40.6. The molecule has 7 rings (SSSR count). The molecule has 0 spiro atoms. The average Bonchev–Trinajstić information content (AvgIpc) is 3.46. The minimum atomic E-state index is -2.58. The number of nitrogens with zero attached hydrogens (tertiary/aromatic N) is 2. The van der Waals surface area contributed by atoms with E-state index in [9.17, 15) is 31.9 Å². The Morgan fingerprint density at radius 3 is 2.06 bits per heavy atom. The molecule has 0 bridgehead atoms. The first-order valence-electron chi connectivity index (χ1n) is 17.6. The first-order valence-corrected chi connectivity index (χ1v) is 19.2. The average molecular weight is 843 g/mol. The molecule has 3 heterocycles. The van der Waals surface area contributed by atoms with Crippen molar-refractivity contribution in [2.45, 2.75) is 126 Å². The van der Waals surface area contributed by atoms with Gasteiger partial charge in [0.1, 0.15) is 11.9 Å². The summed E-state index contributed by atoms with van der Waals surface area (Å²) in [6.45, 7) is 0. The maximum Gasteiger partial charge on any atom is 0.248 e. The van der Waals surface area contributed by atoms with Gasteiger partial charge in [0.05, 0.1) is 28.5 Å². The Bertz CT molecular complexity index is 1750. The van der Waals surface area contributed by atoms with E-state index in [-0.39, 0.29) is 61.5 Å². The molecular weight excluding hydrogens is 800 g/mol. The number of fused-ring (bicyclic) bond motifs is 1. The van der Waals surface area contributed by atoms with Gasteiger partial charge in [0.25, 0.3) is 0 Å². The number of benzene rings is 2. The van der Waals surface area contributed by atoms with E-state index in [4.69, 9.17) is 4.98 Å². The Kier molecular flexibility index (Phi) is 11.6. The monoisotopic (exact) mass is 840 g/mol. The summed E-state index contributed by atoms with van der Waals surface area (Å²) in [5.41, 5.74) is 3.05. The van der Waals surface area contributed by atoms with E-state index in [0.29, 0.717) is 62.7 Å². The van der Waals surface area contributed by atoms with Crippen molar-refractivity contribution >= 4 is 72.0 Å². The summed E-state index contributed by atoms with van der Waals surface area (Å²) in [5.74, 6) is -4.69. The number of hydrogen-bond acceptors (Lipinski definition) is 5. The Morgan fingerprint density at radius 1 is 0.784 bits per heavy atom. The summed E-state index contributed by atoms with van der Waals surface area (Å²) >= 11 is 6.85. The van der Waals surface area contributed by atoms with Crippen LogP contribution in [0.3, 0.4) is 0 Å². The third kappa shape index (κ3) is 9.62. The molecule has 0 unspecified atom stereocenters. The number of carbonyl (C=O) groups excluding carboxylic acids is 3. The van der Waals surface area contributed by atoms with Crippen LogP contribution in [0.25, 0.3) is 11.0 Å². The zero-order valence-electron chi connectivity index (χ0n) is 28.1. The van der Waals surface area contributed by atoms with Crippen LogP contribution in [-0.4, -0.2) is 51.2 Å². The Hall–Kier alpha value is -3.20. The second kappa shape index (κ2) is 15.8. The number of alkyl halides is 4. The summed E-state index contributed by atoms with van der Waals surface area (Å²) < 4.78 is 57.7. The van der Waals surface area contributed by atoms with Crippen LogP contribution in [0.2, 0.25) is 0 Å².